The van der Waals surface area contributed by atoms with Gasteiger partial charge in [0.05, 0.1) is 6.20 Å². The molecule has 8 nitrogen and oxygen atoms in total. The first-order valence-electron chi connectivity index (χ1n) is 12.8. The monoisotopic (exact) mass is 526 g/mol. The number of piperidine rings is 1. The fourth-order valence-electron chi connectivity index (χ4n) is 5.28. The number of pyridine rings is 1. The number of anilines is 2. The highest BCUT2D eigenvalue weighted by atomic mass is 19.4. The van der Waals surface area contributed by atoms with E-state index in [0.717, 1.165) is 57.3 Å². The molecule has 0 unspecified atom stereocenters. The van der Waals surface area contributed by atoms with Crippen molar-refractivity contribution in [1.82, 2.24) is 15.3 Å². The number of nitriles is 1. The van der Waals surface area contributed by atoms with Gasteiger partial charge < -0.3 is 24.7 Å². The summed E-state index contributed by atoms with van der Waals surface area (Å²) in [5, 5.41) is 16.5. The van der Waals surface area contributed by atoms with Crippen LogP contribution in [-0.4, -0.2) is 47.5 Å². The minimum Gasteiger partial charge on any atom is -0.424 e. The summed E-state index contributed by atoms with van der Waals surface area (Å²) in [5.74, 6) is 0.175. The second-order valence-corrected chi connectivity index (χ2v) is 9.71. The number of aromatic nitrogens is 2. The van der Waals surface area contributed by atoms with Crippen LogP contribution < -0.4 is 20.3 Å². The molecule has 2 aliphatic rings. The summed E-state index contributed by atoms with van der Waals surface area (Å²) in [4.78, 5) is 10.7. The fraction of sp³-hybridized carbons (Fsp3) is 0.444. The average Bonchev–Trinajstić information content (AvgIpc) is 3.38. The van der Waals surface area contributed by atoms with Crippen molar-refractivity contribution in [3.8, 4) is 23.1 Å². The molecule has 3 heterocycles. The van der Waals surface area contributed by atoms with Crippen molar-refractivity contribution in [2.75, 3.05) is 23.3 Å². The van der Waals surface area contributed by atoms with Crippen molar-refractivity contribution in [1.29, 1.82) is 5.26 Å². The molecule has 38 heavy (non-hydrogen) atoms. The average molecular weight is 527 g/mol. The van der Waals surface area contributed by atoms with E-state index in [1.165, 1.54) is 24.3 Å². The first kappa shape index (κ1) is 25.9. The Kier molecular flexibility index (Phi) is 7.69. The van der Waals surface area contributed by atoms with E-state index in [0.29, 0.717) is 29.1 Å². The highest BCUT2D eigenvalue weighted by molar-refractivity contribution is 5.58. The number of hydrogen-bond donors (Lipinski definition) is 2. The van der Waals surface area contributed by atoms with E-state index in [2.05, 4.69) is 36.3 Å². The number of alkyl halides is 3. The number of rotatable bonds is 7. The Bertz CT molecular complexity index is 1260. The molecule has 1 saturated carbocycles. The smallest absolute Gasteiger partial charge is 0.424 e. The number of halogens is 3. The molecule has 2 fully saturated rings. The van der Waals surface area contributed by atoms with Gasteiger partial charge in [-0.2, -0.15) is 5.26 Å². The van der Waals surface area contributed by atoms with Gasteiger partial charge in [-0.15, -0.1) is 13.2 Å². The molecule has 1 aliphatic carbocycles. The molecule has 5 rings (SSSR count). The summed E-state index contributed by atoms with van der Waals surface area (Å²) in [5.41, 5.74) is 2.05. The van der Waals surface area contributed by atoms with Gasteiger partial charge in [0.1, 0.15) is 17.5 Å². The van der Waals surface area contributed by atoms with Crippen LogP contribution in [0.3, 0.4) is 0 Å². The number of nitrogens with one attached hydrogen (secondary N) is 2. The van der Waals surface area contributed by atoms with Crippen LogP contribution in [0.15, 0.2) is 53.2 Å². The van der Waals surface area contributed by atoms with Crippen molar-refractivity contribution in [2.24, 2.45) is 0 Å². The molecule has 2 aromatic heterocycles. The number of benzene rings is 1. The first-order chi connectivity index (χ1) is 18.4. The van der Waals surface area contributed by atoms with Gasteiger partial charge in [-0.1, -0.05) is 12.8 Å². The van der Waals surface area contributed by atoms with Crippen LogP contribution in [0, 0.1) is 11.3 Å². The van der Waals surface area contributed by atoms with Gasteiger partial charge in [0.2, 0.25) is 0 Å². The fourth-order valence-corrected chi connectivity index (χ4v) is 5.28. The van der Waals surface area contributed by atoms with Gasteiger partial charge in [-0.25, -0.2) is 9.97 Å². The van der Waals surface area contributed by atoms with Crippen LogP contribution in [0.5, 0.6) is 5.75 Å². The summed E-state index contributed by atoms with van der Waals surface area (Å²) in [6.07, 6.45) is 4.92. The molecule has 3 atom stereocenters. The summed E-state index contributed by atoms with van der Waals surface area (Å²) in [7, 11) is 0. The van der Waals surface area contributed by atoms with E-state index in [1.54, 1.807) is 12.4 Å². The zero-order valence-electron chi connectivity index (χ0n) is 20.7. The van der Waals surface area contributed by atoms with Crippen LogP contribution in [0.1, 0.15) is 44.2 Å². The van der Waals surface area contributed by atoms with Gasteiger partial charge >= 0.3 is 6.36 Å². The molecule has 1 aliphatic heterocycles. The Hall–Kier alpha value is -3.78. The van der Waals surface area contributed by atoms with Crippen LogP contribution in [0.4, 0.5) is 24.9 Å². The maximum Gasteiger partial charge on any atom is 0.573 e. The third-order valence-corrected chi connectivity index (χ3v) is 7.05. The van der Waals surface area contributed by atoms with E-state index in [1.807, 2.05) is 12.1 Å². The lowest BCUT2D eigenvalue weighted by atomic mass is 9.89. The summed E-state index contributed by atoms with van der Waals surface area (Å²) < 4.78 is 47.1. The largest absolute Gasteiger partial charge is 0.573 e. The standard InChI is InChI=1S/C27H29F3N6O2/c28-27(29,30)38-22-9-7-18(8-10-22)25-16-33-26(37-25)35-24-6-2-1-5-23(24)34-19-4-3-13-36(17-19)21-11-12-32-20(14-21)15-31/h7-12,14,16,19,23-24,34H,1-6,13,17H2,(H,33,35)/t19-,23+,24+/m0/s1. The molecule has 1 saturated heterocycles. The molecule has 0 amide bonds. The lowest BCUT2D eigenvalue weighted by Crippen LogP contribution is -2.54. The lowest BCUT2D eigenvalue weighted by Gasteiger charge is -2.40. The molecule has 3 aromatic rings. The Morgan fingerprint density at radius 1 is 1.03 bits per heavy atom. The minimum absolute atomic E-state index is 0.138. The van der Waals surface area contributed by atoms with Crippen molar-refractivity contribution >= 4 is 11.7 Å². The van der Waals surface area contributed by atoms with Crippen molar-refractivity contribution in [3.63, 3.8) is 0 Å². The van der Waals surface area contributed by atoms with E-state index >= 15 is 0 Å². The first-order valence-corrected chi connectivity index (χ1v) is 12.8. The Morgan fingerprint density at radius 3 is 2.58 bits per heavy atom. The van der Waals surface area contributed by atoms with Crippen molar-refractivity contribution in [2.45, 2.75) is 63.0 Å². The molecular weight excluding hydrogens is 497 g/mol. The maximum absolute atomic E-state index is 12.4. The quantitative estimate of drug-likeness (QED) is 0.417. The molecule has 0 bridgehead atoms. The van der Waals surface area contributed by atoms with Gasteiger partial charge in [-0.05, 0) is 62.1 Å². The maximum atomic E-state index is 12.4. The second kappa shape index (κ2) is 11.3. The van der Waals surface area contributed by atoms with Crippen LogP contribution in [0.2, 0.25) is 0 Å². The van der Waals surface area contributed by atoms with Gasteiger partial charge in [0, 0.05) is 48.7 Å². The van der Waals surface area contributed by atoms with Crippen molar-refractivity contribution < 1.29 is 22.3 Å². The normalized spacial score (nSPS) is 22.1. The van der Waals surface area contributed by atoms with Gasteiger partial charge in [0.25, 0.3) is 6.01 Å². The van der Waals surface area contributed by atoms with E-state index in [4.69, 9.17) is 4.42 Å². The predicted molar refractivity (Wildman–Crippen MR) is 136 cm³/mol. The zero-order chi connectivity index (χ0) is 26.5. The molecule has 200 valence electrons. The Morgan fingerprint density at radius 2 is 1.82 bits per heavy atom. The molecule has 2 N–H and O–H groups in total. The molecule has 11 heteroatoms. The SMILES string of the molecule is N#Cc1cc(N2CCC[C@H](N[C@@H]3CCCC[C@H]3Nc3ncc(-c4ccc(OC(F)(F)F)cc4)o3)C2)ccn1. The molecule has 1 aromatic carbocycles. The number of nitrogens with zero attached hydrogens (tertiary/aromatic N) is 4. The molecular formula is C27H29F3N6O2. The van der Waals surface area contributed by atoms with Crippen molar-refractivity contribution in [3.05, 3.63) is 54.5 Å². The highest BCUT2D eigenvalue weighted by Gasteiger charge is 2.32. The van der Waals surface area contributed by atoms with Crippen LogP contribution in [0.25, 0.3) is 11.3 Å². The summed E-state index contributed by atoms with van der Waals surface area (Å²) >= 11 is 0. The summed E-state index contributed by atoms with van der Waals surface area (Å²) in [6, 6.07) is 12.5. The van der Waals surface area contributed by atoms with Crippen LogP contribution in [-0.2, 0) is 0 Å². The number of oxazole rings is 1. The zero-order valence-corrected chi connectivity index (χ0v) is 20.7. The Balaban J connectivity index is 1.20. The second-order valence-electron chi connectivity index (χ2n) is 9.71. The van der Waals surface area contributed by atoms with E-state index in [-0.39, 0.29) is 17.8 Å². The summed E-state index contributed by atoms with van der Waals surface area (Å²) in [6.45, 7) is 1.80. The topological polar surface area (TPSA) is 99.2 Å². The van der Waals surface area contributed by atoms with Crippen LogP contribution >= 0.6 is 0 Å². The third kappa shape index (κ3) is 6.55. The third-order valence-electron chi connectivity index (χ3n) is 7.05. The molecule has 0 spiro atoms. The van der Waals surface area contributed by atoms with Gasteiger partial charge in [-0.3, -0.25) is 0 Å². The number of hydrogen-bond acceptors (Lipinski definition) is 8. The predicted octanol–water partition coefficient (Wildman–Crippen LogP) is 5.49. The number of ether oxygens (including phenoxy) is 1. The minimum atomic E-state index is -4.73. The van der Waals surface area contributed by atoms with Gasteiger partial charge in [0.15, 0.2) is 5.76 Å². The van der Waals surface area contributed by atoms with E-state index < -0.39 is 6.36 Å². The van der Waals surface area contributed by atoms with E-state index in [9.17, 15) is 18.4 Å². The Labute approximate surface area is 218 Å². The highest BCUT2D eigenvalue weighted by Crippen LogP contribution is 2.30. The molecule has 0 radical (unpaired) electrons. The lowest BCUT2D eigenvalue weighted by molar-refractivity contribution is -0.274.